The molecule has 2 fully saturated rings. The molecule has 178 valence electrons. The molecule has 0 unspecified atom stereocenters. The van der Waals surface area contributed by atoms with Crippen LogP contribution in [0.5, 0.6) is 0 Å². The lowest BCUT2D eigenvalue weighted by Crippen LogP contribution is -2.46. The average Bonchev–Trinajstić information content (AvgIpc) is 3.23. The number of aromatic nitrogens is 2. The highest BCUT2D eigenvalue weighted by Gasteiger charge is 2.34. The van der Waals surface area contributed by atoms with Crippen LogP contribution in [0.3, 0.4) is 0 Å². The fourth-order valence-electron chi connectivity index (χ4n) is 4.38. The molecule has 0 amide bonds. The number of halogens is 1. The van der Waals surface area contributed by atoms with Gasteiger partial charge >= 0.3 is 0 Å². The summed E-state index contributed by atoms with van der Waals surface area (Å²) in [6.45, 7) is 13.6. The van der Waals surface area contributed by atoms with Crippen LogP contribution in [-0.2, 0) is 11.2 Å². The SMILES string of the molecule is CCNC(=NCC1(CN2CCOCC2)CCCCC1)NCCc1nc(C(C)C)no1.I. The number of ether oxygens (including phenoxy) is 1. The van der Waals surface area contributed by atoms with Crippen LogP contribution in [0.1, 0.15) is 70.5 Å². The minimum atomic E-state index is 0. The van der Waals surface area contributed by atoms with Crippen molar-refractivity contribution >= 4 is 29.9 Å². The van der Waals surface area contributed by atoms with E-state index >= 15 is 0 Å². The quantitative estimate of drug-likeness (QED) is 0.279. The fourth-order valence-corrected chi connectivity index (χ4v) is 4.38. The summed E-state index contributed by atoms with van der Waals surface area (Å²) >= 11 is 0. The summed E-state index contributed by atoms with van der Waals surface area (Å²) in [6.07, 6.45) is 7.23. The second-order valence-electron chi connectivity index (χ2n) is 9.02. The Labute approximate surface area is 204 Å². The Balaban J connectivity index is 0.00000341. The van der Waals surface area contributed by atoms with E-state index in [1.165, 1.54) is 32.1 Å². The Morgan fingerprint density at radius 2 is 1.90 bits per heavy atom. The first-order valence-electron chi connectivity index (χ1n) is 11.7. The van der Waals surface area contributed by atoms with Crippen molar-refractivity contribution in [2.75, 3.05) is 52.5 Å². The van der Waals surface area contributed by atoms with Gasteiger partial charge in [-0.2, -0.15) is 4.98 Å². The van der Waals surface area contributed by atoms with Gasteiger partial charge in [0.15, 0.2) is 11.8 Å². The smallest absolute Gasteiger partial charge is 0.228 e. The van der Waals surface area contributed by atoms with E-state index in [0.29, 0.717) is 12.3 Å². The van der Waals surface area contributed by atoms with Gasteiger partial charge in [-0.1, -0.05) is 38.3 Å². The zero-order chi connectivity index (χ0) is 21.2. The third-order valence-electron chi connectivity index (χ3n) is 6.13. The molecule has 0 atom stereocenters. The van der Waals surface area contributed by atoms with E-state index < -0.39 is 0 Å². The lowest BCUT2D eigenvalue weighted by Gasteiger charge is -2.41. The number of morpholine rings is 1. The third kappa shape index (κ3) is 8.49. The highest BCUT2D eigenvalue weighted by molar-refractivity contribution is 14.0. The molecule has 2 heterocycles. The summed E-state index contributed by atoms with van der Waals surface area (Å²) in [5, 5.41) is 10.9. The number of hydrogen-bond donors (Lipinski definition) is 2. The standard InChI is InChI=1S/C22H40N6O2.HI/c1-4-23-21(24-11-8-19-26-20(18(2)3)27-30-19)25-16-22(9-6-5-7-10-22)17-28-12-14-29-15-13-28;/h18H,4-17H2,1-3H3,(H2,23,24,25);1H. The van der Waals surface area contributed by atoms with E-state index in [4.69, 9.17) is 14.3 Å². The number of aliphatic imine (C=N–C) groups is 1. The summed E-state index contributed by atoms with van der Waals surface area (Å²) in [6, 6.07) is 0. The van der Waals surface area contributed by atoms with Crippen molar-refractivity contribution in [3.8, 4) is 0 Å². The molecule has 0 radical (unpaired) electrons. The van der Waals surface area contributed by atoms with Crippen LogP contribution < -0.4 is 10.6 Å². The Morgan fingerprint density at radius 3 is 2.55 bits per heavy atom. The van der Waals surface area contributed by atoms with Gasteiger partial charge in [0.05, 0.1) is 13.2 Å². The zero-order valence-corrected chi connectivity index (χ0v) is 21.8. The minimum Gasteiger partial charge on any atom is -0.379 e. The van der Waals surface area contributed by atoms with Crippen LogP contribution in [0, 0.1) is 5.41 Å². The summed E-state index contributed by atoms with van der Waals surface area (Å²) in [5.41, 5.74) is 0.288. The zero-order valence-electron chi connectivity index (χ0n) is 19.5. The van der Waals surface area contributed by atoms with Gasteiger partial charge in [0.25, 0.3) is 0 Å². The first-order chi connectivity index (χ1) is 14.6. The number of nitrogens with zero attached hydrogens (tertiary/aromatic N) is 4. The Hall–Kier alpha value is -0.940. The number of rotatable bonds is 9. The predicted molar refractivity (Wildman–Crippen MR) is 134 cm³/mol. The molecular weight excluding hydrogens is 507 g/mol. The molecule has 2 N–H and O–H groups in total. The first-order valence-corrected chi connectivity index (χ1v) is 11.7. The summed E-state index contributed by atoms with van der Waals surface area (Å²) in [5.74, 6) is 2.62. The first kappa shape index (κ1) is 26.3. The number of hydrogen-bond acceptors (Lipinski definition) is 6. The molecule has 1 saturated carbocycles. The highest BCUT2D eigenvalue weighted by Crippen LogP contribution is 2.37. The molecule has 2 aliphatic rings. The van der Waals surface area contributed by atoms with Gasteiger partial charge in [0.2, 0.25) is 5.89 Å². The van der Waals surface area contributed by atoms with E-state index in [-0.39, 0.29) is 35.3 Å². The van der Waals surface area contributed by atoms with Crippen molar-refractivity contribution in [2.24, 2.45) is 10.4 Å². The van der Waals surface area contributed by atoms with Crippen molar-refractivity contribution in [3.63, 3.8) is 0 Å². The van der Waals surface area contributed by atoms with Crippen LogP contribution >= 0.6 is 24.0 Å². The lowest BCUT2D eigenvalue weighted by atomic mass is 9.73. The predicted octanol–water partition coefficient (Wildman–Crippen LogP) is 3.19. The van der Waals surface area contributed by atoms with Crippen LogP contribution in [0.2, 0.25) is 0 Å². The molecule has 1 aliphatic heterocycles. The molecule has 31 heavy (non-hydrogen) atoms. The molecule has 1 aromatic heterocycles. The Morgan fingerprint density at radius 1 is 1.16 bits per heavy atom. The van der Waals surface area contributed by atoms with Crippen molar-refractivity contribution in [3.05, 3.63) is 11.7 Å². The molecule has 0 spiro atoms. The lowest BCUT2D eigenvalue weighted by molar-refractivity contribution is 0.00937. The van der Waals surface area contributed by atoms with Crippen LogP contribution in [-0.4, -0.2) is 73.5 Å². The minimum absolute atomic E-state index is 0. The molecule has 1 aromatic rings. The van der Waals surface area contributed by atoms with Crippen LogP contribution in [0.25, 0.3) is 0 Å². The second-order valence-corrected chi connectivity index (χ2v) is 9.02. The van der Waals surface area contributed by atoms with Crippen LogP contribution in [0.15, 0.2) is 9.52 Å². The van der Waals surface area contributed by atoms with E-state index in [1.54, 1.807) is 0 Å². The maximum Gasteiger partial charge on any atom is 0.228 e. The molecule has 3 rings (SSSR count). The van der Waals surface area contributed by atoms with E-state index in [9.17, 15) is 0 Å². The normalized spacial score (nSPS) is 19.8. The molecule has 0 bridgehead atoms. The van der Waals surface area contributed by atoms with E-state index in [2.05, 4.69) is 46.4 Å². The summed E-state index contributed by atoms with van der Waals surface area (Å²) < 4.78 is 10.9. The van der Waals surface area contributed by atoms with Crippen molar-refractivity contribution in [1.29, 1.82) is 0 Å². The molecular formula is C22H41IN6O2. The van der Waals surface area contributed by atoms with Gasteiger partial charge in [0, 0.05) is 57.0 Å². The van der Waals surface area contributed by atoms with Crippen molar-refractivity contribution < 1.29 is 9.26 Å². The van der Waals surface area contributed by atoms with Crippen molar-refractivity contribution in [2.45, 2.75) is 65.2 Å². The van der Waals surface area contributed by atoms with Gasteiger partial charge in [-0.3, -0.25) is 9.89 Å². The topological polar surface area (TPSA) is 87.8 Å². The molecule has 1 saturated heterocycles. The van der Waals surface area contributed by atoms with Gasteiger partial charge in [0.1, 0.15) is 0 Å². The number of nitrogens with one attached hydrogen (secondary N) is 2. The maximum absolute atomic E-state index is 5.54. The molecule has 0 aromatic carbocycles. The third-order valence-corrected chi connectivity index (χ3v) is 6.13. The summed E-state index contributed by atoms with van der Waals surface area (Å²) in [7, 11) is 0. The van der Waals surface area contributed by atoms with Gasteiger partial charge in [-0.05, 0) is 19.8 Å². The molecule has 8 nitrogen and oxygen atoms in total. The highest BCUT2D eigenvalue weighted by atomic mass is 127. The Bertz CT molecular complexity index is 654. The largest absolute Gasteiger partial charge is 0.379 e. The van der Waals surface area contributed by atoms with E-state index in [0.717, 1.165) is 64.3 Å². The van der Waals surface area contributed by atoms with Gasteiger partial charge in [-0.25, -0.2) is 0 Å². The number of guanidine groups is 1. The van der Waals surface area contributed by atoms with E-state index in [1.807, 2.05) is 0 Å². The monoisotopic (exact) mass is 548 g/mol. The maximum atomic E-state index is 5.54. The fraction of sp³-hybridized carbons (Fsp3) is 0.864. The molecule has 1 aliphatic carbocycles. The average molecular weight is 549 g/mol. The second kappa shape index (κ2) is 13.6. The van der Waals surface area contributed by atoms with Crippen molar-refractivity contribution in [1.82, 2.24) is 25.7 Å². The van der Waals surface area contributed by atoms with Gasteiger partial charge in [-0.15, -0.1) is 24.0 Å². The van der Waals surface area contributed by atoms with Gasteiger partial charge < -0.3 is 19.9 Å². The molecule has 9 heteroatoms. The van der Waals surface area contributed by atoms with Crippen LogP contribution in [0.4, 0.5) is 0 Å². The Kier molecular flexibility index (Phi) is 11.5. The summed E-state index contributed by atoms with van der Waals surface area (Å²) in [4.78, 5) is 12.0.